The van der Waals surface area contributed by atoms with Gasteiger partial charge in [0.25, 0.3) is 0 Å². The van der Waals surface area contributed by atoms with Crippen LogP contribution in [0.5, 0.6) is 11.5 Å². The zero-order chi connectivity index (χ0) is 32.1. The molecule has 2 aromatic carbocycles. The Hall–Kier alpha value is -3.85. The van der Waals surface area contributed by atoms with Gasteiger partial charge >= 0.3 is 5.97 Å². The number of hydrogen-bond donors (Lipinski definition) is 4. The Morgan fingerprint density at radius 3 is 2.53 bits per heavy atom. The highest BCUT2D eigenvalue weighted by Crippen LogP contribution is 2.66. The zero-order valence-corrected chi connectivity index (χ0v) is 26.3. The van der Waals surface area contributed by atoms with Crippen molar-refractivity contribution >= 4 is 28.6 Å². The van der Waals surface area contributed by atoms with Crippen molar-refractivity contribution in [3.8, 4) is 11.5 Å². The number of ketones is 1. The minimum atomic E-state index is -1.41. The van der Waals surface area contributed by atoms with Gasteiger partial charge in [0.15, 0.2) is 17.3 Å². The van der Waals surface area contributed by atoms with E-state index in [1.807, 2.05) is 30.5 Å². The first-order valence-electron chi connectivity index (χ1n) is 16.2. The van der Waals surface area contributed by atoms with Crippen LogP contribution < -0.4 is 0 Å². The molecule has 6 atom stereocenters. The highest BCUT2D eigenvalue weighted by atomic mass is 16.5. The molecule has 9 heteroatoms. The number of rotatable bonds is 10. The fraction of sp³-hybridized carbons (Fsp3) is 0.528. The predicted octanol–water partition coefficient (Wildman–Crippen LogP) is 5.05. The second kappa shape index (κ2) is 11.8. The topological polar surface area (TPSA) is 140 Å². The van der Waals surface area contributed by atoms with Crippen LogP contribution in [0.2, 0.25) is 0 Å². The highest BCUT2D eigenvalue weighted by Gasteiger charge is 2.63. The Balaban J connectivity index is 1.20. The number of carbonyl (C=O) groups excluding carboxylic acids is 3. The number of hydrogen-bond acceptors (Lipinski definition) is 7. The fourth-order valence-electron chi connectivity index (χ4n) is 8.26. The number of esters is 1. The molecule has 6 unspecified atom stereocenters. The standard InChI is InChI=1S/C36H44N2O7/c1-35(2)24-12-13-36(35,3)32(19-24)45-34(44)27-9-6-14-38(27)33(43)22(17-23-20-37-26-8-5-4-7-25(23)26)18-31(42)30(41)16-21-10-11-28(39)29(40)15-21/h4-5,7-8,10-11,15,20,22,24,27,30,32,37,39-41H,6,9,12-14,16-19H2,1-3H3. The summed E-state index contributed by atoms with van der Waals surface area (Å²) in [4.78, 5) is 46.2. The molecule has 240 valence electrons. The normalized spacial score (nSPS) is 26.7. The molecule has 2 heterocycles. The molecule has 2 saturated carbocycles. The van der Waals surface area contributed by atoms with E-state index >= 15 is 0 Å². The summed E-state index contributed by atoms with van der Waals surface area (Å²) < 4.78 is 6.21. The van der Waals surface area contributed by atoms with Crippen molar-refractivity contribution in [2.75, 3.05) is 6.54 Å². The monoisotopic (exact) mass is 616 g/mol. The second-order valence-corrected chi connectivity index (χ2v) is 14.2. The highest BCUT2D eigenvalue weighted by molar-refractivity contribution is 5.92. The molecule has 3 fully saturated rings. The van der Waals surface area contributed by atoms with Crippen LogP contribution >= 0.6 is 0 Å². The summed E-state index contributed by atoms with van der Waals surface area (Å²) in [5, 5.41) is 31.3. The Kier molecular flexibility index (Phi) is 8.18. The van der Waals surface area contributed by atoms with Crippen molar-refractivity contribution < 1.29 is 34.4 Å². The van der Waals surface area contributed by atoms with Crippen LogP contribution in [0.15, 0.2) is 48.7 Å². The number of ether oxygens (including phenoxy) is 1. The minimum absolute atomic E-state index is 0.0726. The summed E-state index contributed by atoms with van der Waals surface area (Å²) in [5.41, 5.74) is 2.28. The number of aliphatic hydroxyl groups excluding tert-OH is 1. The Labute approximate surface area is 263 Å². The first-order chi connectivity index (χ1) is 21.4. The van der Waals surface area contributed by atoms with Crippen molar-refractivity contribution in [3.05, 3.63) is 59.8 Å². The Bertz CT molecular complexity index is 1610. The number of fused-ring (bicyclic) bond motifs is 3. The number of H-pyrrole nitrogens is 1. The third kappa shape index (κ3) is 5.60. The number of aliphatic hydroxyl groups is 1. The molecule has 0 spiro atoms. The van der Waals surface area contributed by atoms with Crippen molar-refractivity contribution in [2.45, 2.75) is 90.4 Å². The van der Waals surface area contributed by atoms with Crippen LogP contribution in [-0.4, -0.2) is 67.7 Å². The lowest BCUT2D eigenvalue weighted by atomic mass is 9.70. The predicted molar refractivity (Wildman–Crippen MR) is 168 cm³/mol. The van der Waals surface area contributed by atoms with Gasteiger partial charge in [-0.15, -0.1) is 0 Å². The first-order valence-corrected chi connectivity index (χ1v) is 16.2. The van der Waals surface area contributed by atoms with Crippen LogP contribution in [0.4, 0.5) is 0 Å². The maximum Gasteiger partial charge on any atom is 0.329 e. The molecule has 3 aliphatic rings. The van der Waals surface area contributed by atoms with Crippen molar-refractivity contribution in [2.24, 2.45) is 22.7 Å². The molecule has 6 rings (SSSR count). The molecule has 3 aromatic rings. The summed E-state index contributed by atoms with van der Waals surface area (Å²) in [6.07, 6.45) is 4.45. The number of amides is 1. The summed E-state index contributed by atoms with van der Waals surface area (Å²) >= 11 is 0. The van der Waals surface area contributed by atoms with E-state index in [4.69, 9.17) is 4.74 Å². The molecular formula is C36H44N2O7. The first kappa shape index (κ1) is 31.1. The summed E-state index contributed by atoms with van der Waals surface area (Å²) in [7, 11) is 0. The molecule has 2 aliphatic carbocycles. The van der Waals surface area contributed by atoms with E-state index in [9.17, 15) is 29.7 Å². The number of benzene rings is 2. The van der Waals surface area contributed by atoms with Gasteiger partial charge in [-0.2, -0.15) is 0 Å². The van der Waals surface area contributed by atoms with Crippen molar-refractivity contribution in [1.82, 2.24) is 9.88 Å². The minimum Gasteiger partial charge on any atom is -0.504 e. The van der Waals surface area contributed by atoms with Crippen molar-refractivity contribution in [1.29, 1.82) is 0 Å². The fourth-order valence-corrected chi connectivity index (χ4v) is 8.26. The van der Waals surface area contributed by atoms with E-state index < -0.39 is 23.8 Å². The second-order valence-electron chi connectivity index (χ2n) is 14.2. The van der Waals surface area contributed by atoms with Crippen molar-refractivity contribution in [3.63, 3.8) is 0 Å². The maximum absolute atomic E-state index is 14.3. The molecule has 45 heavy (non-hydrogen) atoms. The molecule has 4 N–H and O–H groups in total. The van der Waals surface area contributed by atoms with E-state index in [2.05, 4.69) is 25.8 Å². The maximum atomic E-state index is 14.3. The number of nitrogens with one attached hydrogen (secondary N) is 1. The third-order valence-corrected chi connectivity index (χ3v) is 11.6. The lowest BCUT2D eigenvalue weighted by Crippen LogP contribution is -2.47. The number of aromatic hydroxyl groups is 2. The number of aromatic amines is 1. The van der Waals surface area contributed by atoms with Crippen LogP contribution in [0.1, 0.15) is 70.4 Å². The van der Waals surface area contributed by atoms with Gasteiger partial charge in [-0.25, -0.2) is 4.79 Å². The molecule has 1 aliphatic heterocycles. The molecule has 1 aromatic heterocycles. The van der Waals surface area contributed by atoms with E-state index in [1.54, 1.807) is 4.90 Å². The Morgan fingerprint density at radius 2 is 1.82 bits per heavy atom. The van der Waals surface area contributed by atoms with E-state index in [0.29, 0.717) is 30.9 Å². The Morgan fingerprint density at radius 1 is 1.04 bits per heavy atom. The summed E-state index contributed by atoms with van der Waals surface area (Å²) in [6, 6.07) is 11.2. The SMILES string of the molecule is CC1(C)C2CCC1(C)C(OC(=O)C1CCCN1C(=O)C(CC(=O)C(O)Cc1ccc(O)c(O)c1)Cc1c[nH]c3ccccc13)C2. The number of nitrogens with zero attached hydrogens (tertiary/aromatic N) is 1. The van der Waals surface area contributed by atoms with Gasteiger partial charge in [0.05, 0.1) is 0 Å². The van der Waals surface area contributed by atoms with Crippen LogP contribution in [-0.2, 0) is 32.0 Å². The third-order valence-electron chi connectivity index (χ3n) is 11.6. The summed E-state index contributed by atoms with van der Waals surface area (Å²) in [5.74, 6) is -2.06. The van der Waals surface area contributed by atoms with Crippen LogP contribution in [0, 0.1) is 22.7 Å². The lowest BCUT2D eigenvalue weighted by Gasteiger charge is -2.39. The number of likely N-dealkylation sites (tertiary alicyclic amines) is 1. The van der Waals surface area contributed by atoms with Crippen LogP contribution in [0.3, 0.4) is 0 Å². The molecule has 1 saturated heterocycles. The van der Waals surface area contributed by atoms with Gasteiger partial charge in [-0.1, -0.05) is 45.0 Å². The number of phenols is 2. The van der Waals surface area contributed by atoms with Gasteiger partial charge in [-0.3, -0.25) is 9.59 Å². The smallest absolute Gasteiger partial charge is 0.329 e. The van der Waals surface area contributed by atoms with Gasteiger partial charge < -0.3 is 29.9 Å². The van der Waals surface area contributed by atoms with Gasteiger partial charge in [0.1, 0.15) is 18.2 Å². The summed E-state index contributed by atoms with van der Waals surface area (Å²) in [6.45, 7) is 7.18. The van der Waals surface area contributed by atoms with E-state index in [1.165, 1.54) is 18.2 Å². The average Bonchev–Trinajstić information content (AvgIpc) is 3.75. The molecule has 2 bridgehead atoms. The number of Topliss-reactive ketones (excluding diaryl/α,β-unsaturated/α-hetero) is 1. The van der Waals surface area contributed by atoms with E-state index in [0.717, 1.165) is 35.7 Å². The van der Waals surface area contributed by atoms with Gasteiger partial charge in [0, 0.05) is 47.8 Å². The quantitative estimate of drug-likeness (QED) is 0.185. The number of aromatic nitrogens is 1. The molecule has 1 amide bonds. The van der Waals surface area contributed by atoms with Gasteiger partial charge in [-0.05, 0) is 79.2 Å². The lowest BCUT2D eigenvalue weighted by molar-refractivity contribution is -0.165. The average molecular weight is 617 g/mol. The molecular weight excluding hydrogens is 572 g/mol. The van der Waals surface area contributed by atoms with E-state index in [-0.39, 0.29) is 59.6 Å². The zero-order valence-electron chi connectivity index (χ0n) is 26.3. The number of carbonyl (C=O) groups is 3. The number of phenolic OH excluding ortho intramolecular Hbond substituents is 2. The molecule has 9 nitrogen and oxygen atoms in total. The van der Waals surface area contributed by atoms with Crippen LogP contribution in [0.25, 0.3) is 10.9 Å². The largest absolute Gasteiger partial charge is 0.504 e. The van der Waals surface area contributed by atoms with Gasteiger partial charge in [0.2, 0.25) is 5.91 Å². The number of para-hydroxylation sites is 1. The molecule has 0 radical (unpaired) electrons.